The lowest BCUT2D eigenvalue weighted by molar-refractivity contribution is 0.361. The summed E-state index contributed by atoms with van der Waals surface area (Å²) < 4.78 is 69.1. The number of aromatic nitrogens is 2. The van der Waals surface area contributed by atoms with E-state index in [1.165, 1.54) is 11.7 Å². The Kier molecular flexibility index (Phi) is 8.19. The van der Waals surface area contributed by atoms with Gasteiger partial charge in [0.15, 0.2) is 29.1 Å². The summed E-state index contributed by atoms with van der Waals surface area (Å²) in [7, 11) is 3.34. The number of rotatable bonds is 8. The Labute approximate surface area is 226 Å². The summed E-state index contributed by atoms with van der Waals surface area (Å²) in [5.74, 6) is -10.0. The largest absolute Gasteiger partial charge is 0.382 e. The number of nitrogen functional groups attached to an aromatic ring is 1. The quantitative estimate of drug-likeness (QED) is 0.0640. The first-order valence-corrected chi connectivity index (χ1v) is 12.6. The van der Waals surface area contributed by atoms with Crippen LogP contribution >= 0.6 is 11.6 Å². The molecule has 0 saturated carbocycles. The lowest BCUT2D eigenvalue weighted by atomic mass is 10.00. The summed E-state index contributed by atoms with van der Waals surface area (Å²) in [5.41, 5.74) is 9.88. The number of nitrogens with two attached hydrogens (primary N) is 1. The summed E-state index contributed by atoms with van der Waals surface area (Å²) in [4.78, 5) is 1.63. The Morgan fingerprint density at radius 3 is 2.03 bits per heavy atom. The van der Waals surface area contributed by atoms with Gasteiger partial charge in [-0.1, -0.05) is 61.4 Å². The molecule has 4 aromatic rings. The van der Waals surface area contributed by atoms with Crippen molar-refractivity contribution in [3.05, 3.63) is 100 Å². The van der Waals surface area contributed by atoms with E-state index in [1.54, 1.807) is 14.1 Å². The molecular formula is C26H24BF5N6S. The molecule has 4 N–H and O–H groups in total. The van der Waals surface area contributed by atoms with Gasteiger partial charge in [-0.25, -0.2) is 22.0 Å². The number of hydrogen-bond acceptors (Lipinski definition) is 5. The van der Waals surface area contributed by atoms with Crippen molar-refractivity contribution < 1.29 is 22.0 Å². The number of hydrogen-bond donors (Lipinski definition) is 3. The van der Waals surface area contributed by atoms with Crippen LogP contribution in [-0.4, -0.2) is 40.8 Å². The van der Waals surface area contributed by atoms with Gasteiger partial charge in [0.05, 0.1) is 10.5 Å². The molecule has 0 atom stereocenters. The third-order valence-electron chi connectivity index (χ3n) is 5.85. The van der Waals surface area contributed by atoms with E-state index in [0.717, 1.165) is 22.3 Å². The maximum Gasteiger partial charge on any atom is 0.340 e. The van der Waals surface area contributed by atoms with Crippen molar-refractivity contribution in [2.75, 3.05) is 25.2 Å². The summed E-state index contributed by atoms with van der Waals surface area (Å²) in [6.07, 6.45) is -0.213. The second-order valence-corrected chi connectivity index (χ2v) is 10.3. The number of nitrogens with one attached hydrogen (secondary N) is 2. The molecule has 0 aliphatic heterocycles. The van der Waals surface area contributed by atoms with Gasteiger partial charge in [-0.05, 0) is 17.5 Å². The van der Waals surface area contributed by atoms with Crippen molar-refractivity contribution in [1.82, 2.24) is 14.8 Å². The van der Waals surface area contributed by atoms with Gasteiger partial charge in [0, 0.05) is 19.7 Å². The standard InChI is InChI=1S/C26H24BF5N6S/c1-27(39-24-21(31)19(29)18(28)20(30)22(24)32)36-38-26(34)17(25(33)37(2)3)23(35-38)16-11-9-15(10-12-16)13-14-7-5-4-6-8-14/h4-12,33,36H,13,34H2,1-3H3. The molecule has 0 bridgehead atoms. The van der Waals surface area contributed by atoms with E-state index in [2.05, 4.69) is 10.4 Å². The Morgan fingerprint density at radius 1 is 0.923 bits per heavy atom. The van der Waals surface area contributed by atoms with Gasteiger partial charge in [0.25, 0.3) is 0 Å². The van der Waals surface area contributed by atoms with Crippen LogP contribution in [0, 0.1) is 34.5 Å². The maximum absolute atomic E-state index is 14.2. The highest BCUT2D eigenvalue weighted by molar-refractivity contribution is 8.25. The third-order valence-corrected chi connectivity index (χ3v) is 6.90. The zero-order chi connectivity index (χ0) is 28.4. The molecule has 202 valence electrons. The summed E-state index contributed by atoms with van der Waals surface area (Å²) in [5, 5.41) is 15.8. The topological polar surface area (TPSA) is 83.0 Å². The van der Waals surface area contributed by atoms with Gasteiger partial charge < -0.3 is 16.0 Å². The molecule has 0 radical (unpaired) electrons. The van der Waals surface area contributed by atoms with Crippen LogP contribution < -0.4 is 11.1 Å². The zero-order valence-corrected chi connectivity index (χ0v) is 22.0. The van der Waals surface area contributed by atoms with Crippen molar-refractivity contribution in [3.8, 4) is 11.3 Å². The Hall–Kier alpha value is -4.00. The minimum Gasteiger partial charge on any atom is -0.382 e. The molecule has 3 aromatic carbocycles. The lowest BCUT2D eigenvalue weighted by Crippen LogP contribution is -2.30. The fourth-order valence-corrected chi connectivity index (χ4v) is 4.76. The van der Waals surface area contributed by atoms with Crippen LogP contribution in [0.2, 0.25) is 6.82 Å². The van der Waals surface area contributed by atoms with Crippen LogP contribution in [0.1, 0.15) is 16.7 Å². The Balaban J connectivity index is 1.64. The molecule has 39 heavy (non-hydrogen) atoms. The molecule has 0 amide bonds. The third kappa shape index (κ3) is 5.72. The van der Waals surface area contributed by atoms with Gasteiger partial charge in [0.1, 0.15) is 11.5 Å². The van der Waals surface area contributed by atoms with E-state index in [-0.39, 0.29) is 11.7 Å². The smallest absolute Gasteiger partial charge is 0.340 e. The average Bonchev–Trinajstić information content (AvgIpc) is 3.24. The van der Waals surface area contributed by atoms with Crippen LogP contribution in [0.4, 0.5) is 27.8 Å². The van der Waals surface area contributed by atoms with Crippen molar-refractivity contribution in [2.45, 2.75) is 18.1 Å². The van der Waals surface area contributed by atoms with E-state index < -0.39 is 40.1 Å². The van der Waals surface area contributed by atoms with E-state index in [1.807, 2.05) is 54.6 Å². The molecule has 0 spiro atoms. The second-order valence-electron chi connectivity index (χ2n) is 8.91. The summed E-state index contributed by atoms with van der Waals surface area (Å²) in [6, 6.07) is 17.5. The van der Waals surface area contributed by atoms with E-state index >= 15 is 0 Å². The Bertz CT molecular complexity index is 1480. The lowest BCUT2D eigenvalue weighted by Gasteiger charge is -2.16. The van der Waals surface area contributed by atoms with Gasteiger partial charge in [-0.15, -0.1) is 11.6 Å². The van der Waals surface area contributed by atoms with Crippen LogP contribution in [0.25, 0.3) is 11.3 Å². The highest BCUT2D eigenvalue weighted by Gasteiger charge is 2.29. The van der Waals surface area contributed by atoms with Gasteiger partial charge >= 0.3 is 6.13 Å². The molecule has 0 unspecified atom stereocenters. The van der Waals surface area contributed by atoms with Crippen molar-refractivity contribution in [3.63, 3.8) is 0 Å². The predicted molar refractivity (Wildman–Crippen MR) is 145 cm³/mol. The first-order valence-electron chi connectivity index (χ1n) is 11.7. The molecule has 1 aromatic heterocycles. The predicted octanol–water partition coefficient (Wildman–Crippen LogP) is 5.76. The first kappa shape index (κ1) is 28.0. The molecule has 0 aliphatic carbocycles. The van der Waals surface area contributed by atoms with E-state index in [0.29, 0.717) is 28.4 Å². The maximum atomic E-state index is 14.2. The minimum atomic E-state index is -2.22. The molecule has 0 aliphatic rings. The monoisotopic (exact) mass is 558 g/mol. The molecule has 0 saturated heterocycles. The minimum absolute atomic E-state index is 0.0296. The van der Waals surface area contributed by atoms with Crippen LogP contribution in [0.5, 0.6) is 0 Å². The number of nitrogens with zero attached hydrogens (tertiary/aromatic N) is 3. The summed E-state index contributed by atoms with van der Waals surface area (Å²) in [6.45, 7) is 1.44. The van der Waals surface area contributed by atoms with Gasteiger partial charge in [-0.2, -0.15) is 9.89 Å². The van der Waals surface area contributed by atoms with Gasteiger partial charge in [0.2, 0.25) is 5.82 Å². The Morgan fingerprint density at radius 2 is 1.46 bits per heavy atom. The average molecular weight is 558 g/mol. The molecule has 6 nitrogen and oxygen atoms in total. The molecule has 13 heteroatoms. The number of halogens is 5. The van der Waals surface area contributed by atoms with Crippen molar-refractivity contribution >= 4 is 29.4 Å². The molecule has 0 fully saturated rings. The van der Waals surface area contributed by atoms with Crippen LogP contribution in [0.3, 0.4) is 0 Å². The van der Waals surface area contributed by atoms with Crippen molar-refractivity contribution in [1.29, 1.82) is 5.41 Å². The highest BCUT2D eigenvalue weighted by atomic mass is 32.2. The molecular weight excluding hydrogens is 534 g/mol. The number of benzene rings is 3. The fourth-order valence-electron chi connectivity index (χ4n) is 3.86. The molecule has 4 rings (SSSR count). The first-order chi connectivity index (χ1) is 18.5. The zero-order valence-electron chi connectivity index (χ0n) is 21.2. The second kappa shape index (κ2) is 11.4. The molecule has 1 heterocycles. The highest BCUT2D eigenvalue weighted by Crippen LogP contribution is 2.33. The van der Waals surface area contributed by atoms with Gasteiger partial charge in [-0.3, -0.25) is 5.41 Å². The number of anilines is 1. The number of amidine groups is 1. The fraction of sp³-hybridized carbons (Fsp3) is 0.154. The normalized spacial score (nSPS) is 11.0. The van der Waals surface area contributed by atoms with E-state index in [9.17, 15) is 22.0 Å². The van der Waals surface area contributed by atoms with Crippen LogP contribution in [-0.2, 0) is 6.42 Å². The van der Waals surface area contributed by atoms with E-state index in [4.69, 9.17) is 11.1 Å². The van der Waals surface area contributed by atoms with Crippen molar-refractivity contribution in [2.24, 2.45) is 0 Å². The SMILES string of the molecule is CB(Nn1nc(-c2ccc(Cc3ccccc3)cc2)c(C(=N)N(C)C)c1N)Sc1c(F)c(F)c(F)c(F)c1F. The summed E-state index contributed by atoms with van der Waals surface area (Å²) >= 11 is 0.378. The van der Waals surface area contributed by atoms with Crippen LogP contribution in [0.15, 0.2) is 59.5 Å².